The highest BCUT2D eigenvalue weighted by Gasteiger charge is 2.29. The Morgan fingerprint density at radius 1 is 1.20 bits per heavy atom. The van der Waals surface area contributed by atoms with Gasteiger partial charge in [-0.25, -0.2) is 0 Å². The number of aromatic nitrogens is 1. The number of amides is 1. The van der Waals surface area contributed by atoms with Crippen molar-refractivity contribution in [1.29, 1.82) is 0 Å². The third-order valence-corrected chi connectivity index (χ3v) is 3.60. The first kappa shape index (κ1) is 11.1. The monoisotopic (exact) mass is 263 g/mol. The second kappa shape index (κ2) is 3.87. The Morgan fingerprint density at radius 3 is 2.95 bits per heavy atom. The number of anilines is 2. The number of aromatic amines is 1. The van der Waals surface area contributed by atoms with Crippen LogP contribution in [0.25, 0.3) is 10.9 Å². The van der Waals surface area contributed by atoms with E-state index in [2.05, 4.69) is 11.1 Å². The summed E-state index contributed by atoms with van der Waals surface area (Å²) in [5.41, 5.74) is 3.36. The van der Waals surface area contributed by atoms with Gasteiger partial charge in [0, 0.05) is 11.5 Å². The summed E-state index contributed by atoms with van der Waals surface area (Å²) in [6.45, 7) is 0. The average molecular weight is 263 g/mol. The molecule has 1 aliphatic rings. The molecule has 20 heavy (non-hydrogen) atoms. The number of nitrogens with one attached hydrogen (secondary N) is 1. The van der Waals surface area contributed by atoms with Crippen LogP contribution >= 0.6 is 0 Å². The number of hydrogen-bond acceptors (Lipinski definition) is 2. The Bertz CT molecular complexity index is 835. The first-order valence-corrected chi connectivity index (χ1v) is 6.37. The average Bonchev–Trinajstić information content (AvgIpc) is 2.96. The van der Waals surface area contributed by atoms with Crippen molar-refractivity contribution in [3.8, 4) is 5.88 Å². The smallest absolute Gasteiger partial charge is 0.236 e. The Kier molecular flexibility index (Phi) is 2.15. The molecule has 97 valence electrons. The van der Waals surface area contributed by atoms with E-state index in [1.165, 1.54) is 0 Å². The maximum absolute atomic E-state index is 12.3. The number of fused-ring (bicyclic) bond motifs is 2. The SMILES string of the molecule is O=C1Cc2[c]cccc2N1c1cccc2[nH]c(O)cc12. The van der Waals surface area contributed by atoms with Crippen LogP contribution in [0.1, 0.15) is 5.56 Å². The van der Waals surface area contributed by atoms with Crippen molar-refractivity contribution in [1.82, 2.24) is 4.98 Å². The maximum atomic E-state index is 12.3. The Balaban J connectivity index is 1.98. The zero-order chi connectivity index (χ0) is 13.7. The van der Waals surface area contributed by atoms with Gasteiger partial charge in [-0.1, -0.05) is 18.2 Å². The van der Waals surface area contributed by atoms with Crippen LogP contribution in [0.3, 0.4) is 0 Å². The molecule has 0 unspecified atom stereocenters. The van der Waals surface area contributed by atoms with E-state index in [9.17, 15) is 9.90 Å². The standard InChI is InChI=1S/C16H11N2O2/c19-15-9-11-12(17-15)5-3-7-14(11)18-13-6-2-1-4-10(13)8-16(18)20/h1-3,5-7,9,17,19H,8H2. The fraction of sp³-hybridized carbons (Fsp3) is 0.0625. The summed E-state index contributed by atoms with van der Waals surface area (Å²) in [6, 6.07) is 16.0. The van der Waals surface area contributed by atoms with Crippen molar-refractivity contribution in [3.63, 3.8) is 0 Å². The van der Waals surface area contributed by atoms with Gasteiger partial charge in [-0.3, -0.25) is 9.69 Å². The number of hydrogen-bond donors (Lipinski definition) is 2. The Morgan fingerprint density at radius 2 is 2.05 bits per heavy atom. The van der Waals surface area contributed by atoms with Crippen LogP contribution < -0.4 is 4.90 Å². The molecule has 1 aliphatic heterocycles. The van der Waals surface area contributed by atoms with E-state index in [0.29, 0.717) is 6.42 Å². The van der Waals surface area contributed by atoms with Crippen LogP contribution in [0.5, 0.6) is 5.88 Å². The van der Waals surface area contributed by atoms with Crippen LogP contribution in [0.4, 0.5) is 11.4 Å². The minimum absolute atomic E-state index is 0.0237. The number of nitrogens with zero attached hydrogens (tertiary/aromatic N) is 1. The molecule has 0 spiro atoms. The van der Waals surface area contributed by atoms with Gasteiger partial charge in [0.1, 0.15) is 0 Å². The number of benzene rings is 2. The second-order valence-electron chi connectivity index (χ2n) is 4.83. The van der Waals surface area contributed by atoms with E-state index in [-0.39, 0.29) is 11.8 Å². The molecule has 1 aromatic heterocycles. The predicted octanol–water partition coefficient (Wildman–Crippen LogP) is 2.89. The highest BCUT2D eigenvalue weighted by molar-refractivity contribution is 6.12. The van der Waals surface area contributed by atoms with Crippen molar-refractivity contribution >= 4 is 28.2 Å². The summed E-state index contributed by atoms with van der Waals surface area (Å²) in [6.07, 6.45) is 0.364. The van der Waals surface area contributed by atoms with Gasteiger partial charge >= 0.3 is 0 Å². The van der Waals surface area contributed by atoms with Crippen molar-refractivity contribution in [2.45, 2.75) is 6.42 Å². The lowest BCUT2D eigenvalue weighted by Crippen LogP contribution is -2.20. The lowest BCUT2D eigenvalue weighted by Gasteiger charge is -2.18. The fourth-order valence-corrected chi connectivity index (χ4v) is 2.76. The molecule has 0 saturated carbocycles. The largest absolute Gasteiger partial charge is 0.495 e. The highest BCUT2D eigenvalue weighted by Crippen LogP contribution is 2.39. The van der Waals surface area contributed by atoms with E-state index in [4.69, 9.17) is 0 Å². The molecule has 4 heteroatoms. The lowest BCUT2D eigenvalue weighted by atomic mass is 10.1. The number of H-pyrrole nitrogens is 1. The van der Waals surface area contributed by atoms with E-state index in [1.807, 2.05) is 36.4 Å². The summed E-state index contributed by atoms with van der Waals surface area (Å²) in [4.78, 5) is 16.9. The van der Waals surface area contributed by atoms with Crippen molar-refractivity contribution in [2.24, 2.45) is 0 Å². The van der Waals surface area contributed by atoms with Gasteiger partial charge in [0.2, 0.25) is 5.91 Å². The molecule has 3 aromatic rings. The first-order valence-electron chi connectivity index (χ1n) is 6.37. The minimum atomic E-state index is 0.0237. The van der Waals surface area contributed by atoms with Gasteiger partial charge in [-0.15, -0.1) is 0 Å². The second-order valence-corrected chi connectivity index (χ2v) is 4.83. The summed E-state index contributed by atoms with van der Waals surface area (Å²) in [7, 11) is 0. The molecule has 2 aromatic carbocycles. The third kappa shape index (κ3) is 1.45. The van der Waals surface area contributed by atoms with Gasteiger partial charge in [-0.2, -0.15) is 0 Å². The fourth-order valence-electron chi connectivity index (χ4n) is 2.76. The summed E-state index contributed by atoms with van der Waals surface area (Å²) < 4.78 is 0. The summed E-state index contributed by atoms with van der Waals surface area (Å²) in [5, 5.41) is 10.4. The van der Waals surface area contributed by atoms with Gasteiger partial charge < -0.3 is 10.1 Å². The molecular formula is C16H11N2O2. The molecule has 0 fully saturated rings. The van der Waals surface area contributed by atoms with E-state index < -0.39 is 0 Å². The highest BCUT2D eigenvalue weighted by atomic mass is 16.3. The molecule has 0 bridgehead atoms. The first-order chi connectivity index (χ1) is 9.74. The lowest BCUT2D eigenvalue weighted by molar-refractivity contribution is -0.116. The third-order valence-electron chi connectivity index (χ3n) is 3.60. The van der Waals surface area contributed by atoms with Gasteiger partial charge in [0.25, 0.3) is 0 Å². The molecule has 2 heterocycles. The zero-order valence-electron chi connectivity index (χ0n) is 10.6. The molecule has 0 aliphatic carbocycles. The number of carbonyl (C=O) groups excluding carboxylic acids is 1. The van der Waals surface area contributed by atoms with E-state index >= 15 is 0 Å². The summed E-state index contributed by atoms with van der Waals surface area (Å²) >= 11 is 0. The molecule has 0 atom stereocenters. The Labute approximate surface area is 115 Å². The van der Waals surface area contributed by atoms with Crippen molar-refractivity contribution in [2.75, 3.05) is 4.90 Å². The minimum Gasteiger partial charge on any atom is -0.495 e. The van der Waals surface area contributed by atoms with Gasteiger partial charge in [0.05, 0.1) is 23.3 Å². The van der Waals surface area contributed by atoms with Crippen molar-refractivity contribution in [3.05, 3.63) is 54.1 Å². The van der Waals surface area contributed by atoms with Gasteiger partial charge in [-0.05, 0) is 29.8 Å². The number of rotatable bonds is 1. The van der Waals surface area contributed by atoms with Gasteiger partial charge in [0.15, 0.2) is 5.88 Å². The van der Waals surface area contributed by atoms with Crippen LogP contribution in [-0.2, 0) is 11.2 Å². The summed E-state index contributed by atoms with van der Waals surface area (Å²) in [5.74, 6) is 0.120. The zero-order valence-corrected chi connectivity index (χ0v) is 10.6. The maximum Gasteiger partial charge on any atom is 0.236 e. The van der Waals surface area contributed by atoms with Crippen LogP contribution in [0.15, 0.2) is 42.5 Å². The van der Waals surface area contributed by atoms with Crippen LogP contribution in [-0.4, -0.2) is 16.0 Å². The molecule has 1 radical (unpaired) electrons. The molecule has 2 N–H and O–H groups in total. The molecule has 1 amide bonds. The Hall–Kier alpha value is -2.75. The molecular weight excluding hydrogens is 252 g/mol. The van der Waals surface area contributed by atoms with Crippen LogP contribution in [0, 0.1) is 6.07 Å². The topological polar surface area (TPSA) is 56.3 Å². The molecule has 0 saturated heterocycles. The van der Waals surface area contributed by atoms with Crippen LogP contribution in [0.2, 0.25) is 0 Å². The quantitative estimate of drug-likeness (QED) is 0.709. The number of carbonyl (C=O) groups is 1. The molecule has 4 rings (SSSR count). The normalized spacial score (nSPS) is 14.0. The van der Waals surface area contributed by atoms with Crippen molar-refractivity contribution < 1.29 is 9.90 Å². The number of aromatic hydroxyl groups is 1. The van der Waals surface area contributed by atoms with E-state index in [0.717, 1.165) is 27.8 Å². The predicted molar refractivity (Wildman–Crippen MR) is 76.1 cm³/mol. The van der Waals surface area contributed by atoms with E-state index in [1.54, 1.807) is 11.0 Å². The molecule has 4 nitrogen and oxygen atoms in total.